The van der Waals surface area contributed by atoms with E-state index in [2.05, 4.69) is 17.1 Å². The monoisotopic (exact) mass is 326 g/mol. The summed E-state index contributed by atoms with van der Waals surface area (Å²) in [6, 6.07) is 9.87. The number of anilines is 1. The first kappa shape index (κ1) is 17.1. The number of methoxy groups -OCH3 is 1. The number of nitrogens with zero attached hydrogens (tertiary/aromatic N) is 1. The number of hydrogen-bond acceptors (Lipinski definition) is 5. The molecule has 0 aliphatic rings. The van der Waals surface area contributed by atoms with Crippen LogP contribution in [-0.2, 0) is 6.42 Å². The van der Waals surface area contributed by atoms with Gasteiger partial charge in [0.05, 0.1) is 24.6 Å². The van der Waals surface area contributed by atoms with Crippen molar-refractivity contribution in [2.45, 2.75) is 6.42 Å². The van der Waals surface area contributed by atoms with Gasteiger partial charge in [0.1, 0.15) is 0 Å². The number of para-hydroxylation sites is 1. The second-order valence-electron chi connectivity index (χ2n) is 4.94. The molecule has 24 heavy (non-hydrogen) atoms. The number of nitrogens with one attached hydrogen (secondary N) is 1. The summed E-state index contributed by atoms with van der Waals surface area (Å²) in [6.45, 7) is 3.66. The summed E-state index contributed by atoms with van der Waals surface area (Å²) in [7, 11) is 1.47. The Bertz CT molecular complexity index is 785. The molecular weight excluding hydrogens is 308 g/mol. The molecule has 6 nitrogen and oxygen atoms in total. The van der Waals surface area contributed by atoms with Gasteiger partial charge in [-0.05, 0) is 36.2 Å². The van der Waals surface area contributed by atoms with Gasteiger partial charge in [-0.25, -0.2) is 4.79 Å². The first-order chi connectivity index (χ1) is 11.6. The molecule has 0 radical (unpaired) electrons. The molecular formula is C18H18N2O4. The van der Waals surface area contributed by atoms with Crippen molar-refractivity contribution < 1.29 is 19.7 Å². The molecule has 0 saturated heterocycles. The number of aromatic hydroxyl groups is 1. The second-order valence-corrected chi connectivity index (χ2v) is 4.94. The molecule has 0 bridgehead atoms. The van der Waals surface area contributed by atoms with E-state index in [0.29, 0.717) is 29.0 Å². The van der Waals surface area contributed by atoms with Gasteiger partial charge in [0, 0.05) is 5.56 Å². The topological polar surface area (TPSA) is 91.2 Å². The van der Waals surface area contributed by atoms with E-state index in [1.54, 1.807) is 36.4 Å². The zero-order chi connectivity index (χ0) is 17.5. The number of rotatable bonds is 7. The Morgan fingerprint density at radius 3 is 2.79 bits per heavy atom. The Balaban J connectivity index is 2.25. The van der Waals surface area contributed by atoms with Crippen LogP contribution in [0.3, 0.4) is 0 Å². The lowest BCUT2D eigenvalue weighted by Gasteiger charge is -2.09. The van der Waals surface area contributed by atoms with Gasteiger partial charge in [0.2, 0.25) is 0 Å². The fourth-order valence-corrected chi connectivity index (χ4v) is 2.17. The summed E-state index contributed by atoms with van der Waals surface area (Å²) in [5.41, 5.74) is 4.59. The fraction of sp³-hybridized carbons (Fsp3) is 0.111. The molecule has 0 unspecified atom stereocenters. The van der Waals surface area contributed by atoms with E-state index in [0.717, 1.165) is 0 Å². The maximum atomic E-state index is 11.1. The number of phenols is 1. The van der Waals surface area contributed by atoms with Gasteiger partial charge in [0.25, 0.3) is 0 Å². The fourth-order valence-electron chi connectivity index (χ4n) is 2.17. The molecule has 2 aromatic carbocycles. The van der Waals surface area contributed by atoms with Crippen LogP contribution in [0.15, 0.2) is 54.2 Å². The van der Waals surface area contributed by atoms with Gasteiger partial charge in [-0.3, -0.25) is 5.43 Å². The molecule has 124 valence electrons. The van der Waals surface area contributed by atoms with Crippen LogP contribution >= 0.6 is 0 Å². The van der Waals surface area contributed by atoms with Crippen molar-refractivity contribution in [1.82, 2.24) is 0 Å². The molecule has 0 heterocycles. The number of hydrazone groups is 1. The van der Waals surface area contributed by atoms with Gasteiger partial charge in [-0.1, -0.05) is 18.2 Å². The summed E-state index contributed by atoms with van der Waals surface area (Å²) >= 11 is 0. The number of hydrogen-bond donors (Lipinski definition) is 3. The number of aromatic carboxylic acids is 1. The highest BCUT2D eigenvalue weighted by atomic mass is 16.5. The second kappa shape index (κ2) is 7.82. The first-order valence-electron chi connectivity index (χ1n) is 7.19. The van der Waals surface area contributed by atoms with E-state index >= 15 is 0 Å². The van der Waals surface area contributed by atoms with E-state index in [9.17, 15) is 9.90 Å². The average molecular weight is 326 g/mol. The first-order valence-corrected chi connectivity index (χ1v) is 7.19. The van der Waals surface area contributed by atoms with Crippen molar-refractivity contribution in [3.8, 4) is 11.5 Å². The highest BCUT2D eigenvalue weighted by Crippen LogP contribution is 2.31. The molecule has 0 atom stereocenters. The highest BCUT2D eigenvalue weighted by molar-refractivity contribution is 5.94. The van der Waals surface area contributed by atoms with Crippen LogP contribution in [-0.4, -0.2) is 29.5 Å². The Hall–Kier alpha value is -3.28. The van der Waals surface area contributed by atoms with Gasteiger partial charge >= 0.3 is 5.97 Å². The molecule has 3 N–H and O–H groups in total. The van der Waals surface area contributed by atoms with E-state index in [4.69, 9.17) is 9.84 Å². The molecule has 0 saturated carbocycles. The molecule has 0 aliphatic heterocycles. The Morgan fingerprint density at radius 1 is 1.38 bits per heavy atom. The van der Waals surface area contributed by atoms with Crippen LogP contribution in [0, 0.1) is 0 Å². The predicted molar refractivity (Wildman–Crippen MR) is 93.2 cm³/mol. The standard InChI is InChI=1S/C18H18N2O4/c1-3-6-13-9-12(10-16(24-2)17(13)21)11-19-20-15-8-5-4-7-14(15)18(22)23/h3-5,7-11,20-21H,1,6H2,2H3,(H,22,23). The molecule has 0 fully saturated rings. The van der Waals surface area contributed by atoms with Crippen LogP contribution in [0.5, 0.6) is 11.5 Å². The smallest absolute Gasteiger partial charge is 0.337 e. The lowest BCUT2D eigenvalue weighted by atomic mass is 10.1. The minimum atomic E-state index is -1.03. The number of ether oxygens (including phenoxy) is 1. The largest absolute Gasteiger partial charge is 0.504 e. The molecule has 0 aromatic heterocycles. The van der Waals surface area contributed by atoms with Crippen LogP contribution in [0.1, 0.15) is 21.5 Å². The van der Waals surface area contributed by atoms with Crippen molar-refractivity contribution in [2.24, 2.45) is 5.10 Å². The summed E-state index contributed by atoms with van der Waals surface area (Å²) in [5.74, 6) is -0.631. The maximum Gasteiger partial charge on any atom is 0.337 e. The minimum absolute atomic E-state index is 0.0683. The van der Waals surface area contributed by atoms with Crippen molar-refractivity contribution in [1.29, 1.82) is 0 Å². The van der Waals surface area contributed by atoms with Gasteiger partial charge in [-0.2, -0.15) is 5.10 Å². The number of carboxylic acids is 1. The van der Waals surface area contributed by atoms with Crippen LogP contribution in [0.2, 0.25) is 0 Å². The van der Waals surface area contributed by atoms with E-state index in [1.165, 1.54) is 19.4 Å². The van der Waals surface area contributed by atoms with E-state index < -0.39 is 5.97 Å². The van der Waals surface area contributed by atoms with Gasteiger partial charge < -0.3 is 14.9 Å². The van der Waals surface area contributed by atoms with Gasteiger partial charge in [-0.15, -0.1) is 6.58 Å². The summed E-state index contributed by atoms with van der Waals surface area (Å²) in [5, 5.41) is 23.2. The Kier molecular flexibility index (Phi) is 5.57. The normalized spacial score (nSPS) is 10.5. The molecule has 0 amide bonds. The predicted octanol–water partition coefficient (Wildman–Crippen LogP) is 3.27. The maximum absolute atomic E-state index is 11.1. The van der Waals surface area contributed by atoms with Crippen LogP contribution in [0.4, 0.5) is 5.69 Å². The van der Waals surface area contributed by atoms with E-state index in [-0.39, 0.29) is 11.3 Å². The minimum Gasteiger partial charge on any atom is -0.504 e. The zero-order valence-corrected chi connectivity index (χ0v) is 13.2. The molecule has 0 spiro atoms. The molecule has 2 aromatic rings. The lowest BCUT2D eigenvalue weighted by molar-refractivity contribution is 0.0698. The Morgan fingerprint density at radius 2 is 2.12 bits per heavy atom. The lowest BCUT2D eigenvalue weighted by Crippen LogP contribution is -2.02. The molecule has 2 rings (SSSR count). The van der Waals surface area contributed by atoms with Crippen LogP contribution < -0.4 is 10.2 Å². The zero-order valence-electron chi connectivity index (χ0n) is 13.2. The average Bonchev–Trinajstić information content (AvgIpc) is 2.58. The van der Waals surface area contributed by atoms with Crippen molar-refractivity contribution in [3.63, 3.8) is 0 Å². The van der Waals surface area contributed by atoms with Crippen molar-refractivity contribution >= 4 is 17.9 Å². The third kappa shape index (κ3) is 3.92. The van der Waals surface area contributed by atoms with Crippen LogP contribution in [0.25, 0.3) is 0 Å². The quantitative estimate of drug-likeness (QED) is 0.413. The number of carbonyl (C=O) groups is 1. The third-order valence-corrected chi connectivity index (χ3v) is 3.32. The molecule has 6 heteroatoms. The number of allylic oxidation sites excluding steroid dienone is 1. The number of phenolic OH excluding ortho intramolecular Hbond substituents is 1. The summed E-state index contributed by atoms with van der Waals surface area (Å²) in [4.78, 5) is 11.1. The SMILES string of the molecule is C=CCc1cc(C=NNc2ccccc2C(=O)O)cc(OC)c1O. The number of benzene rings is 2. The summed E-state index contributed by atoms with van der Waals surface area (Å²) < 4.78 is 5.14. The molecule has 0 aliphatic carbocycles. The number of carboxylic acid groups (broad SMARTS) is 1. The highest BCUT2D eigenvalue weighted by Gasteiger charge is 2.10. The van der Waals surface area contributed by atoms with Crippen molar-refractivity contribution in [2.75, 3.05) is 12.5 Å². The third-order valence-electron chi connectivity index (χ3n) is 3.32. The van der Waals surface area contributed by atoms with E-state index in [1.807, 2.05) is 0 Å². The van der Waals surface area contributed by atoms with Crippen molar-refractivity contribution in [3.05, 3.63) is 65.7 Å². The summed E-state index contributed by atoms with van der Waals surface area (Å²) in [6.07, 6.45) is 3.68. The Labute approximate surface area is 139 Å². The van der Waals surface area contributed by atoms with Gasteiger partial charge in [0.15, 0.2) is 11.5 Å².